The van der Waals surface area contributed by atoms with Gasteiger partial charge >= 0.3 is 12.0 Å². The van der Waals surface area contributed by atoms with Gasteiger partial charge in [-0.25, -0.2) is 14.2 Å². The predicted molar refractivity (Wildman–Crippen MR) is 64.9 cm³/mol. The van der Waals surface area contributed by atoms with Crippen molar-refractivity contribution in [1.29, 1.82) is 0 Å². The number of hydrogen-bond donors (Lipinski definition) is 1. The van der Waals surface area contributed by atoms with Crippen LogP contribution in [0.25, 0.3) is 0 Å². The number of carboxylic acids is 1. The number of aryl methyl sites for hydroxylation is 2. The van der Waals surface area contributed by atoms with E-state index in [1.165, 1.54) is 12.1 Å². The van der Waals surface area contributed by atoms with Gasteiger partial charge in [-0.1, -0.05) is 12.1 Å². The fraction of sp³-hybridized carbons (Fsp3) is 0.154. The molecule has 0 unspecified atom stereocenters. The molecular formula is C13H11FN2O3. The molecule has 1 aromatic heterocycles. The molecule has 1 aromatic carbocycles. The van der Waals surface area contributed by atoms with E-state index >= 15 is 0 Å². The van der Waals surface area contributed by atoms with Crippen LogP contribution in [0.1, 0.15) is 21.7 Å². The van der Waals surface area contributed by atoms with Crippen LogP contribution in [0.5, 0.6) is 11.8 Å². The molecule has 0 atom stereocenters. The number of benzene rings is 1. The Morgan fingerprint density at radius 1 is 1.32 bits per heavy atom. The Balaban J connectivity index is 2.38. The van der Waals surface area contributed by atoms with Crippen LogP contribution in [0.4, 0.5) is 4.39 Å². The third-order valence-electron chi connectivity index (χ3n) is 2.41. The molecule has 19 heavy (non-hydrogen) atoms. The molecule has 6 heteroatoms. The van der Waals surface area contributed by atoms with Gasteiger partial charge in [0.1, 0.15) is 0 Å². The smallest absolute Gasteiger partial charge is 0.354 e. The Morgan fingerprint density at radius 2 is 2.05 bits per heavy atom. The Hall–Kier alpha value is -2.50. The first-order valence-corrected chi connectivity index (χ1v) is 5.49. The summed E-state index contributed by atoms with van der Waals surface area (Å²) in [6.45, 7) is 3.20. The average Bonchev–Trinajstić information content (AvgIpc) is 2.34. The maximum atomic E-state index is 13.8. The third-order valence-corrected chi connectivity index (χ3v) is 2.41. The van der Waals surface area contributed by atoms with E-state index in [9.17, 15) is 9.18 Å². The van der Waals surface area contributed by atoms with E-state index in [-0.39, 0.29) is 17.5 Å². The zero-order valence-corrected chi connectivity index (χ0v) is 10.3. The number of aromatic carboxylic acids is 1. The van der Waals surface area contributed by atoms with E-state index in [0.29, 0.717) is 11.3 Å². The van der Waals surface area contributed by atoms with Crippen LogP contribution in [-0.4, -0.2) is 21.0 Å². The largest absolute Gasteiger partial charge is 0.477 e. The standard InChI is InChI=1S/C13H11FN2O3/c1-7-4-3-5-10(11(7)14)19-13-15-8(2)6-9(16-13)12(17)18/h3-6H,1-2H3,(H,17,18). The van der Waals surface area contributed by atoms with Gasteiger partial charge in [-0.3, -0.25) is 0 Å². The van der Waals surface area contributed by atoms with E-state index in [1.54, 1.807) is 26.0 Å². The minimum Gasteiger partial charge on any atom is -0.477 e. The number of aromatic nitrogens is 2. The molecule has 0 saturated heterocycles. The highest BCUT2D eigenvalue weighted by Gasteiger charge is 2.12. The second-order valence-electron chi connectivity index (χ2n) is 3.97. The summed E-state index contributed by atoms with van der Waals surface area (Å²) in [4.78, 5) is 18.5. The lowest BCUT2D eigenvalue weighted by Gasteiger charge is -2.07. The maximum absolute atomic E-state index is 13.8. The summed E-state index contributed by atoms with van der Waals surface area (Å²) in [5.74, 6) is -1.76. The van der Waals surface area contributed by atoms with Crippen molar-refractivity contribution in [3.05, 3.63) is 47.0 Å². The van der Waals surface area contributed by atoms with Crippen molar-refractivity contribution >= 4 is 5.97 Å². The Bertz CT molecular complexity index is 644. The fourth-order valence-electron chi connectivity index (χ4n) is 1.49. The summed E-state index contributed by atoms with van der Waals surface area (Å²) in [5.41, 5.74) is 0.648. The quantitative estimate of drug-likeness (QED) is 0.920. The van der Waals surface area contributed by atoms with Crippen molar-refractivity contribution < 1.29 is 19.0 Å². The molecule has 98 valence electrons. The number of nitrogens with zero attached hydrogens (tertiary/aromatic N) is 2. The molecule has 1 N–H and O–H groups in total. The van der Waals surface area contributed by atoms with Crippen LogP contribution < -0.4 is 4.74 Å². The highest BCUT2D eigenvalue weighted by molar-refractivity contribution is 5.85. The molecule has 5 nitrogen and oxygen atoms in total. The lowest BCUT2D eigenvalue weighted by atomic mass is 10.2. The molecule has 0 saturated carbocycles. The van der Waals surface area contributed by atoms with Crippen molar-refractivity contribution in [3.63, 3.8) is 0 Å². The topological polar surface area (TPSA) is 72.3 Å². The lowest BCUT2D eigenvalue weighted by molar-refractivity contribution is 0.0689. The monoisotopic (exact) mass is 262 g/mol. The van der Waals surface area contributed by atoms with Crippen LogP contribution in [0, 0.1) is 19.7 Å². The summed E-state index contributed by atoms with van der Waals surface area (Å²) >= 11 is 0. The van der Waals surface area contributed by atoms with Gasteiger partial charge in [0, 0.05) is 5.69 Å². The summed E-state index contributed by atoms with van der Waals surface area (Å²) in [7, 11) is 0. The first-order valence-electron chi connectivity index (χ1n) is 5.49. The predicted octanol–water partition coefficient (Wildman–Crippen LogP) is 2.72. The maximum Gasteiger partial charge on any atom is 0.354 e. The second-order valence-corrected chi connectivity index (χ2v) is 3.97. The van der Waals surface area contributed by atoms with E-state index in [0.717, 1.165) is 0 Å². The molecule has 0 fully saturated rings. The van der Waals surface area contributed by atoms with E-state index in [2.05, 4.69) is 9.97 Å². The van der Waals surface area contributed by atoms with Crippen LogP contribution in [0.2, 0.25) is 0 Å². The van der Waals surface area contributed by atoms with Gasteiger partial charge in [0.05, 0.1) is 0 Å². The highest BCUT2D eigenvalue weighted by atomic mass is 19.1. The van der Waals surface area contributed by atoms with E-state index < -0.39 is 11.8 Å². The van der Waals surface area contributed by atoms with Crippen molar-refractivity contribution in [2.24, 2.45) is 0 Å². The SMILES string of the molecule is Cc1cc(C(=O)O)nc(Oc2cccc(C)c2F)n1. The lowest BCUT2D eigenvalue weighted by Crippen LogP contribution is -2.05. The van der Waals surface area contributed by atoms with Crippen molar-refractivity contribution in [3.8, 4) is 11.8 Å². The first kappa shape index (κ1) is 12.9. The Labute approximate surface area is 108 Å². The minimum absolute atomic E-state index is 0.0399. The number of ether oxygens (including phenoxy) is 1. The fourth-order valence-corrected chi connectivity index (χ4v) is 1.49. The normalized spacial score (nSPS) is 10.3. The second kappa shape index (κ2) is 5.01. The van der Waals surface area contributed by atoms with Gasteiger partial charge < -0.3 is 9.84 Å². The molecular weight excluding hydrogens is 251 g/mol. The summed E-state index contributed by atoms with van der Waals surface area (Å²) in [6, 6.07) is 5.77. The molecule has 0 aliphatic carbocycles. The number of carboxylic acid groups (broad SMARTS) is 1. The van der Waals surface area contributed by atoms with Crippen molar-refractivity contribution in [1.82, 2.24) is 9.97 Å². The Morgan fingerprint density at radius 3 is 2.74 bits per heavy atom. The van der Waals surface area contributed by atoms with Crippen LogP contribution in [-0.2, 0) is 0 Å². The summed E-state index contributed by atoms with van der Waals surface area (Å²) in [6.07, 6.45) is 0. The van der Waals surface area contributed by atoms with Crippen LogP contribution >= 0.6 is 0 Å². The van der Waals surface area contributed by atoms with Gasteiger partial charge in [-0.2, -0.15) is 4.98 Å². The number of carbonyl (C=O) groups is 1. The molecule has 0 aliphatic rings. The molecule has 1 heterocycles. The first-order chi connectivity index (χ1) is 8.97. The van der Waals surface area contributed by atoms with Gasteiger partial charge in [-0.15, -0.1) is 0 Å². The summed E-state index contributed by atoms with van der Waals surface area (Å²) < 4.78 is 19.0. The summed E-state index contributed by atoms with van der Waals surface area (Å²) in [5, 5.41) is 8.88. The highest BCUT2D eigenvalue weighted by Crippen LogP contribution is 2.24. The molecule has 0 radical (unpaired) electrons. The third kappa shape index (κ3) is 2.85. The van der Waals surface area contributed by atoms with Gasteiger partial charge in [0.2, 0.25) is 0 Å². The molecule has 0 bridgehead atoms. The minimum atomic E-state index is -1.19. The van der Waals surface area contributed by atoms with Gasteiger partial charge in [-0.05, 0) is 31.5 Å². The van der Waals surface area contributed by atoms with Crippen LogP contribution in [0.3, 0.4) is 0 Å². The van der Waals surface area contributed by atoms with Crippen molar-refractivity contribution in [2.45, 2.75) is 13.8 Å². The van der Waals surface area contributed by atoms with Gasteiger partial charge in [0.15, 0.2) is 17.3 Å². The molecule has 0 spiro atoms. The number of rotatable bonds is 3. The molecule has 0 amide bonds. The zero-order chi connectivity index (χ0) is 14.0. The Kier molecular flexibility index (Phi) is 3.41. The molecule has 2 aromatic rings. The number of halogens is 1. The van der Waals surface area contributed by atoms with Gasteiger partial charge in [0.25, 0.3) is 0 Å². The molecule has 0 aliphatic heterocycles. The van der Waals surface area contributed by atoms with Crippen molar-refractivity contribution in [2.75, 3.05) is 0 Å². The van der Waals surface area contributed by atoms with E-state index in [4.69, 9.17) is 9.84 Å². The number of hydrogen-bond acceptors (Lipinski definition) is 4. The van der Waals surface area contributed by atoms with Crippen LogP contribution in [0.15, 0.2) is 24.3 Å². The molecule has 2 rings (SSSR count). The van der Waals surface area contributed by atoms with E-state index in [1.807, 2.05) is 0 Å². The zero-order valence-electron chi connectivity index (χ0n) is 10.3. The average molecular weight is 262 g/mol.